The summed E-state index contributed by atoms with van der Waals surface area (Å²) in [5, 5.41) is 2.95. The number of nitrogens with one attached hydrogen (secondary N) is 2. The van der Waals surface area contributed by atoms with Gasteiger partial charge in [-0.1, -0.05) is 6.08 Å². The molecule has 0 bridgehead atoms. The number of aromatic nitrogens is 2. The molecule has 0 saturated heterocycles. The highest BCUT2D eigenvalue weighted by Gasteiger charge is 2.32. The maximum absolute atomic E-state index is 15.7. The third kappa shape index (κ3) is 2.46. The summed E-state index contributed by atoms with van der Waals surface area (Å²) in [6.45, 7) is 1.48. The van der Waals surface area contributed by atoms with E-state index >= 15 is 4.39 Å². The van der Waals surface area contributed by atoms with Gasteiger partial charge in [0.05, 0.1) is 10.9 Å². The molecule has 1 aromatic carbocycles. The Kier molecular flexibility index (Phi) is 3.92. The minimum atomic E-state index is -0.783. The quantitative estimate of drug-likeness (QED) is 0.656. The van der Waals surface area contributed by atoms with Crippen LogP contribution in [0, 0.1) is 11.6 Å². The summed E-state index contributed by atoms with van der Waals surface area (Å²) in [5.41, 5.74) is -0.101. The van der Waals surface area contributed by atoms with E-state index < -0.39 is 22.6 Å². The monoisotopic (exact) mass is 404 g/mol. The van der Waals surface area contributed by atoms with Crippen molar-refractivity contribution in [1.82, 2.24) is 14.3 Å². The first kappa shape index (κ1) is 17.6. The van der Waals surface area contributed by atoms with Gasteiger partial charge in [-0.15, -0.1) is 0 Å². The minimum absolute atomic E-state index is 0.0152. The second-order valence-corrected chi connectivity index (χ2v) is 8.13. The average molecular weight is 404 g/mol. The number of halogens is 2. The molecule has 0 unspecified atom stereocenters. The molecule has 2 aliphatic rings. The van der Waals surface area contributed by atoms with Gasteiger partial charge in [-0.05, 0) is 43.1 Å². The van der Waals surface area contributed by atoms with E-state index in [1.54, 1.807) is 9.47 Å². The van der Waals surface area contributed by atoms with Gasteiger partial charge in [-0.2, -0.15) is 0 Å². The lowest BCUT2D eigenvalue weighted by atomic mass is 10.1. The highest BCUT2D eigenvalue weighted by Crippen LogP contribution is 2.42. The van der Waals surface area contributed by atoms with Crippen LogP contribution in [0.5, 0.6) is 0 Å². The van der Waals surface area contributed by atoms with Crippen molar-refractivity contribution in [3.05, 3.63) is 49.9 Å². The van der Waals surface area contributed by atoms with Crippen molar-refractivity contribution in [3.63, 3.8) is 0 Å². The number of benzene rings is 1. The van der Waals surface area contributed by atoms with Crippen LogP contribution in [0.2, 0.25) is 0 Å². The summed E-state index contributed by atoms with van der Waals surface area (Å²) in [5.74, 6) is -1.52. The molecule has 146 valence electrons. The Labute approximate surface area is 162 Å². The van der Waals surface area contributed by atoms with E-state index in [0.29, 0.717) is 24.5 Å². The topological polar surface area (TPSA) is 70.1 Å². The van der Waals surface area contributed by atoms with E-state index in [1.165, 1.54) is 0 Å². The number of pyridine rings is 1. The molecule has 1 fully saturated rings. The first-order chi connectivity index (χ1) is 13.5. The lowest BCUT2D eigenvalue weighted by molar-refractivity contribution is 0.580. The molecule has 6 nitrogen and oxygen atoms in total. The smallest absolute Gasteiger partial charge is 0.271 e. The number of fused-ring (bicyclic) bond motifs is 2. The summed E-state index contributed by atoms with van der Waals surface area (Å²) in [6, 6.07) is 1.10. The van der Waals surface area contributed by atoms with Crippen LogP contribution in [-0.4, -0.2) is 35.6 Å². The van der Waals surface area contributed by atoms with Gasteiger partial charge in [0.1, 0.15) is 21.7 Å². The molecule has 1 aliphatic carbocycles. The van der Waals surface area contributed by atoms with Crippen molar-refractivity contribution in [1.29, 1.82) is 0 Å². The van der Waals surface area contributed by atoms with Gasteiger partial charge in [0, 0.05) is 25.7 Å². The molecule has 3 aromatic rings. The van der Waals surface area contributed by atoms with Gasteiger partial charge < -0.3 is 14.8 Å². The second kappa shape index (κ2) is 6.25. The van der Waals surface area contributed by atoms with Crippen LogP contribution in [-0.2, 0) is 0 Å². The largest absolute Gasteiger partial charge is 0.359 e. The van der Waals surface area contributed by atoms with Crippen LogP contribution in [0.1, 0.15) is 18.9 Å². The fourth-order valence-corrected chi connectivity index (χ4v) is 4.93. The molecular formula is C19H18F2N4O2S. The van der Waals surface area contributed by atoms with Gasteiger partial charge in [0.2, 0.25) is 5.43 Å². The van der Waals surface area contributed by atoms with Crippen LogP contribution in [0.25, 0.3) is 21.1 Å². The number of anilines is 1. The Balaban J connectivity index is 1.80. The van der Waals surface area contributed by atoms with Crippen LogP contribution in [0.15, 0.2) is 27.3 Å². The van der Waals surface area contributed by atoms with Crippen LogP contribution in [0.4, 0.5) is 14.5 Å². The lowest BCUT2D eigenvalue weighted by Crippen LogP contribution is -2.25. The third-order valence-electron chi connectivity index (χ3n) is 5.41. The van der Waals surface area contributed by atoms with Gasteiger partial charge >= 0.3 is 0 Å². The summed E-state index contributed by atoms with van der Waals surface area (Å²) >= 11 is 1.03. The SMILES string of the molecule is CNCC1=CCN(c2c(F)cc3c(=O)c4c(=O)[nH]sc4n(C4CC4)c3c2F)C1. The molecule has 0 atom stereocenters. The molecule has 1 aliphatic heterocycles. The van der Waals surface area contributed by atoms with Gasteiger partial charge in [0.25, 0.3) is 5.56 Å². The Bertz CT molecular complexity index is 1270. The van der Waals surface area contributed by atoms with E-state index in [1.807, 2.05) is 13.1 Å². The molecule has 5 rings (SSSR count). The summed E-state index contributed by atoms with van der Waals surface area (Å²) < 4.78 is 34.9. The van der Waals surface area contributed by atoms with Gasteiger partial charge in [-0.3, -0.25) is 14.0 Å². The number of aromatic amines is 1. The van der Waals surface area contributed by atoms with E-state index in [2.05, 4.69) is 9.69 Å². The molecule has 9 heteroatoms. The van der Waals surface area contributed by atoms with E-state index in [9.17, 15) is 14.0 Å². The van der Waals surface area contributed by atoms with Crippen molar-refractivity contribution < 1.29 is 8.78 Å². The Morgan fingerprint density at radius 1 is 1.32 bits per heavy atom. The standard InChI is InChI=1S/C19H18F2N4O2S/c1-22-7-9-4-5-24(8-9)16-12(20)6-11-15(14(16)21)25(10-2-3-10)19-13(17(11)26)18(27)23-28-19/h4,6,10,22H,2-3,5,7-8H2,1H3,(H,23,27). The van der Waals surface area contributed by atoms with Gasteiger partial charge in [0.15, 0.2) is 5.82 Å². The Hall–Kier alpha value is -2.52. The molecule has 0 radical (unpaired) electrons. The first-order valence-corrected chi connectivity index (χ1v) is 9.97. The number of nitrogens with zero attached hydrogens (tertiary/aromatic N) is 2. The molecule has 3 heterocycles. The third-order valence-corrected chi connectivity index (χ3v) is 6.29. The van der Waals surface area contributed by atoms with Crippen molar-refractivity contribution in [2.45, 2.75) is 18.9 Å². The fraction of sp³-hybridized carbons (Fsp3) is 0.368. The molecule has 2 aromatic heterocycles. The van der Waals surface area contributed by atoms with E-state index in [4.69, 9.17) is 0 Å². The maximum Gasteiger partial charge on any atom is 0.271 e. The molecule has 28 heavy (non-hydrogen) atoms. The number of likely N-dealkylation sites (N-methyl/N-ethyl adjacent to an activating group) is 1. The van der Waals surface area contributed by atoms with Crippen molar-refractivity contribution >= 4 is 38.3 Å². The Morgan fingerprint density at radius 3 is 2.82 bits per heavy atom. The highest BCUT2D eigenvalue weighted by molar-refractivity contribution is 7.12. The van der Waals surface area contributed by atoms with Gasteiger partial charge in [-0.25, -0.2) is 8.78 Å². The molecule has 0 spiro atoms. The highest BCUT2D eigenvalue weighted by atomic mass is 32.1. The number of H-pyrrole nitrogens is 1. The minimum Gasteiger partial charge on any atom is -0.359 e. The summed E-state index contributed by atoms with van der Waals surface area (Å²) in [6.07, 6.45) is 3.63. The Morgan fingerprint density at radius 2 is 2.11 bits per heavy atom. The van der Waals surface area contributed by atoms with Crippen LogP contribution < -0.4 is 21.2 Å². The van der Waals surface area contributed by atoms with Crippen molar-refractivity contribution in [2.75, 3.05) is 31.6 Å². The zero-order valence-electron chi connectivity index (χ0n) is 15.1. The first-order valence-electron chi connectivity index (χ1n) is 9.16. The van der Waals surface area contributed by atoms with Crippen molar-refractivity contribution in [3.8, 4) is 0 Å². The summed E-state index contributed by atoms with van der Waals surface area (Å²) in [7, 11) is 1.82. The number of hydrogen-bond acceptors (Lipinski definition) is 5. The van der Waals surface area contributed by atoms with Crippen LogP contribution >= 0.6 is 11.5 Å². The van der Waals surface area contributed by atoms with Crippen molar-refractivity contribution in [2.24, 2.45) is 0 Å². The maximum atomic E-state index is 15.7. The molecule has 1 saturated carbocycles. The molecule has 0 amide bonds. The molecular weight excluding hydrogens is 386 g/mol. The summed E-state index contributed by atoms with van der Waals surface area (Å²) in [4.78, 5) is 27.0. The average Bonchev–Trinajstić information content (AvgIpc) is 3.28. The lowest BCUT2D eigenvalue weighted by Gasteiger charge is -2.22. The zero-order valence-corrected chi connectivity index (χ0v) is 16.0. The number of hydrogen-bond donors (Lipinski definition) is 2. The zero-order chi connectivity index (χ0) is 19.6. The normalized spacial score (nSPS) is 17.1. The second-order valence-electron chi connectivity index (χ2n) is 7.33. The van der Waals surface area contributed by atoms with E-state index in [-0.39, 0.29) is 28.0 Å². The predicted molar refractivity (Wildman–Crippen MR) is 107 cm³/mol. The fourth-order valence-electron chi connectivity index (χ4n) is 4.02. The predicted octanol–water partition coefficient (Wildman–Crippen LogP) is 2.48. The molecule has 2 N–H and O–H groups in total. The van der Waals surface area contributed by atoms with E-state index in [0.717, 1.165) is 36.0 Å². The van der Waals surface area contributed by atoms with Crippen LogP contribution in [0.3, 0.4) is 0 Å². The number of rotatable bonds is 4.